The van der Waals surface area contributed by atoms with Gasteiger partial charge in [-0.3, -0.25) is 4.79 Å². The molecular weight excluding hydrogens is 214 g/mol. The third-order valence-corrected chi connectivity index (χ3v) is 3.38. The molecule has 0 amide bonds. The predicted molar refractivity (Wildman–Crippen MR) is 69.8 cm³/mol. The molecule has 3 atom stereocenters. The lowest BCUT2D eigenvalue weighted by Crippen LogP contribution is -2.51. The number of carbonyl (C=O) groups excluding carboxylic acids is 1. The third-order valence-electron chi connectivity index (χ3n) is 3.38. The number of nitrogens with one attached hydrogen (secondary N) is 1. The molecule has 3 nitrogen and oxygen atoms in total. The summed E-state index contributed by atoms with van der Waals surface area (Å²) < 4.78 is 5.46. The van der Waals surface area contributed by atoms with Crippen LogP contribution in [-0.2, 0) is 9.53 Å². The Morgan fingerprint density at radius 1 is 1.29 bits per heavy atom. The summed E-state index contributed by atoms with van der Waals surface area (Å²) >= 11 is 0. The van der Waals surface area contributed by atoms with Crippen molar-refractivity contribution >= 4 is 5.97 Å². The molecule has 0 bridgehead atoms. The lowest BCUT2D eigenvalue weighted by Gasteiger charge is -2.37. The maximum Gasteiger partial charge on any atom is 0.311 e. The lowest BCUT2D eigenvalue weighted by molar-refractivity contribution is -0.162. The van der Waals surface area contributed by atoms with Crippen LogP contribution in [0.25, 0.3) is 0 Å². The molecule has 100 valence electrons. The van der Waals surface area contributed by atoms with Gasteiger partial charge in [-0.1, -0.05) is 13.8 Å². The molecule has 1 N–H and O–H groups in total. The van der Waals surface area contributed by atoms with Crippen molar-refractivity contribution in [2.24, 2.45) is 11.8 Å². The normalized spacial score (nSPS) is 30.4. The molecule has 0 spiro atoms. The van der Waals surface area contributed by atoms with E-state index < -0.39 is 0 Å². The minimum atomic E-state index is -0.383. The van der Waals surface area contributed by atoms with E-state index in [1.54, 1.807) is 0 Å². The van der Waals surface area contributed by atoms with Gasteiger partial charge in [0.1, 0.15) is 5.60 Å². The van der Waals surface area contributed by atoms with Crippen LogP contribution in [0.3, 0.4) is 0 Å². The van der Waals surface area contributed by atoms with Gasteiger partial charge in [-0.05, 0) is 46.5 Å². The first-order valence-corrected chi connectivity index (χ1v) is 6.69. The Bertz CT molecular complexity index is 268. The highest BCUT2D eigenvalue weighted by molar-refractivity contribution is 5.73. The van der Waals surface area contributed by atoms with Crippen LogP contribution < -0.4 is 5.32 Å². The monoisotopic (exact) mass is 241 g/mol. The summed E-state index contributed by atoms with van der Waals surface area (Å²) in [5.41, 5.74) is -0.383. The van der Waals surface area contributed by atoms with Crippen molar-refractivity contribution < 1.29 is 9.53 Å². The van der Waals surface area contributed by atoms with Crippen LogP contribution >= 0.6 is 0 Å². The van der Waals surface area contributed by atoms with Gasteiger partial charge in [0, 0.05) is 12.1 Å². The fourth-order valence-corrected chi connectivity index (χ4v) is 2.37. The van der Waals surface area contributed by atoms with E-state index in [9.17, 15) is 4.79 Å². The van der Waals surface area contributed by atoms with E-state index in [1.807, 2.05) is 20.8 Å². The smallest absolute Gasteiger partial charge is 0.311 e. The maximum absolute atomic E-state index is 12.0. The van der Waals surface area contributed by atoms with Gasteiger partial charge < -0.3 is 10.1 Å². The van der Waals surface area contributed by atoms with Crippen molar-refractivity contribution in [1.29, 1.82) is 0 Å². The Hall–Kier alpha value is -0.570. The molecule has 0 saturated carbocycles. The van der Waals surface area contributed by atoms with Crippen LogP contribution in [0.1, 0.15) is 54.4 Å². The second-order valence-electron chi connectivity index (χ2n) is 6.52. The largest absolute Gasteiger partial charge is 0.460 e. The van der Waals surface area contributed by atoms with Crippen LogP contribution in [0.4, 0.5) is 0 Å². The Kier molecular flexibility index (Phi) is 4.59. The zero-order valence-corrected chi connectivity index (χ0v) is 12.0. The molecule has 0 aromatic carbocycles. The highest BCUT2D eigenvalue weighted by Crippen LogP contribution is 2.26. The van der Waals surface area contributed by atoms with Gasteiger partial charge in [-0.2, -0.15) is 0 Å². The summed E-state index contributed by atoms with van der Waals surface area (Å²) in [5.74, 6) is 0.570. The van der Waals surface area contributed by atoms with Crippen molar-refractivity contribution in [2.75, 3.05) is 0 Å². The summed E-state index contributed by atoms with van der Waals surface area (Å²) in [6, 6.07) is 0.745. The molecular formula is C14H27NO2. The molecule has 1 aliphatic rings. The fourth-order valence-electron chi connectivity index (χ4n) is 2.37. The number of carbonyl (C=O) groups is 1. The second kappa shape index (κ2) is 5.38. The first kappa shape index (κ1) is 14.5. The predicted octanol–water partition coefficient (Wildman–Crippen LogP) is 2.74. The molecule has 17 heavy (non-hydrogen) atoms. The fraction of sp³-hybridized carbons (Fsp3) is 0.929. The van der Waals surface area contributed by atoms with Crippen LogP contribution in [0.5, 0.6) is 0 Å². The van der Waals surface area contributed by atoms with Crippen molar-refractivity contribution in [3.8, 4) is 0 Å². The zero-order valence-electron chi connectivity index (χ0n) is 12.0. The van der Waals surface area contributed by atoms with E-state index in [4.69, 9.17) is 4.74 Å². The molecule has 1 heterocycles. The molecule has 0 aromatic heterocycles. The molecule has 0 radical (unpaired) electrons. The first-order valence-electron chi connectivity index (χ1n) is 6.69. The number of piperidine rings is 1. The Labute approximate surface area is 105 Å². The van der Waals surface area contributed by atoms with E-state index >= 15 is 0 Å². The average molecular weight is 241 g/mol. The molecule has 3 heteroatoms. The number of rotatable bonds is 2. The van der Waals surface area contributed by atoms with Gasteiger partial charge in [0.25, 0.3) is 0 Å². The summed E-state index contributed by atoms with van der Waals surface area (Å²) in [4.78, 5) is 12.0. The molecule has 1 fully saturated rings. The number of ether oxygens (including phenoxy) is 1. The maximum atomic E-state index is 12.0. The molecule has 3 unspecified atom stereocenters. The molecule has 1 rings (SSSR count). The van der Waals surface area contributed by atoms with E-state index in [1.165, 1.54) is 0 Å². The van der Waals surface area contributed by atoms with Gasteiger partial charge in [0.15, 0.2) is 0 Å². The highest BCUT2D eigenvalue weighted by atomic mass is 16.6. The Morgan fingerprint density at radius 2 is 1.88 bits per heavy atom. The minimum absolute atomic E-state index is 0.00391. The van der Waals surface area contributed by atoms with Crippen molar-refractivity contribution in [2.45, 2.75) is 72.1 Å². The van der Waals surface area contributed by atoms with Gasteiger partial charge in [-0.25, -0.2) is 0 Å². The number of esters is 1. The summed E-state index contributed by atoms with van der Waals surface area (Å²) in [7, 11) is 0. The van der Waals surface area contributed by atoms with E-state index in [0.717, 1.165) is 12.8 Å². The molecule has 1 saturated heterocycles. The van der Waals surface area contributed by atoms with Crippen LogP contribution in [0, 0.1) is 11.8 Å². The van der Waals surface area contributed by atoms with E-state index in [0.29, 0.717) is 12.0 Å². The molecule has 1 aliphatic heterocycles. The third kappa shape index (κ3) is 4.30. The SMILES string of the molecule is CC(C)C1CCC(C(=O)OC(C)(C)C)C(C)N1. The van der Waals surface area contributed by atoms with E-state index in [-0.39, 0.29) is 23.5 Å². The van der Waals surface area contributed by atoms with Crippen molar-refractivity contribution in [3.63, 3.8) is 0 Å². The second-order valence-corrected chi connectivity index (χ2v) is 6.52. The molecule has 0 aliphatic carbocycles. The Balaban J connectivity index is 2.55. The average Bonchev–Trinajstić information content (AvgIpc) is 2.14. The number of hydrogen-bond donors (Lipinski definition) is 1. The lowest BCUT2D eigenvalue weighted by atomic mass is 9.84. The van der Waals surface area contributed by atoms with Crippen molar-refractivity contribution in [1.82, 2.24) is 5.32 Å². The topological polar surface area (TPSA) is 38.3 Å². The standard InChI is InChI=1S/C14H27NO2/c1-9(2)12-8-7-11(10(3)15-12)13(16)17-14(4,5)6/h9-12,15H,7-8H2,1-6H3. The zero-order chi connectivity index (χ0) is 13.2. The van der Waals surface area contributed by atoms with Crippen LogP contribution in [0.2, 0.25) is 0 Å². The van der Waals surface area contributed by atoms with E-state index in [2.05, 4.69) is 26.1 Å². The molecule has 0 aromatic rings. The van der Waals surface area contributed by atoms with Crippen LogP contribution in [0.15, 0.2) is 0 Å². The minimum Gasteiger partial charge on any atom is -0.460 e. The van der Waals surface area contributed by atoms with Crippen molar-refractivity contribution in [3.05, 3.63) is 0 Å². The van der Waals surface area contributed by atoms with Gasteiger partial charge in [0.2, 0.25) is 0 Å². The van der Waals surface area contributed by atoms with Gasteiger partial charge in [-0.15, -0.1) is 0 Å². The Morgan fingerprint density at radius 3 is 2.29 bits per heavy atom. The van der Waals surface area contributed by atoms with Crippen LogP contribution in [-0.4, -0.2) is 23.7 Å². The van der Waals surface area contributed by atoms with Gasteiger partial charge >= 0.3 is 5.97 Å². The highest BCUT2D eigenvalue weighted by Gasteiger charge is 2.35. The first-order chi connectivity index (χ1) is 7.70. The van der Waals surface area contributed by atoms with Gasteiger partial charge in [0.05, 0.1) is 5.92 Å². The number of hydrogen-bond acceptors (Lipinski definition) is 3. The quantitative estimate of drug-likeness (QED) is 0.755. The summed E-state index contributed by atoms with van der Waals surface area (Å²) in [6.07, 6.45) is 2.00. The summed E-state index contributed by atoms with van der Waals surface area (Å²) in [6.45, 7) is 12.3. The summed E-state index contributed by atoms with van der Waals surface area (Å²) in [5, 5.41) is 3.53.